The van der Waals surface area contributed by atoms with E-state index < -0.39 is 5.91 Å². The van der Waals surface area contributed by atoms with Gasteiger partial charge < -0.3 is 15.4 Å². The molecule has 25 heavy (non-hydrogen) atoms. The maximum atomic E-state index is 12.3. The predicted octanol–water partition coefficient (Wildman–Crippen LogP) is 4.46. The number of halogens is 1. The van der Waals surface area contributed by atoms with Crippen molar-refractivity contribution in [3.8, 4) is 11.8 Å². The Labute approximate surface area is 160 Å². The van der Waals surface area contributed by atoms with E-state index in [0.29, 0.717) is 23.7 Å². The minimum atomic E-state index is -0.465. The van der Waals surface area contributed by atoms with Crippen molar-refractivity contribution in [2.24, 2.45) is 0 Å². The number of benzene rings is 2. The van der Waals surface area contributed by atoms with Gasteiger partial charge in [0, 0.05) is 15.5 Å². The SMILES string of the molecule is CCOc1ccccc1N/C=C(/C#N)C(=O)Nc1ccc(I)cc1C. The number of nitrogens with one attached hydrogen (secondary N) is 2. The molecule has 0 saturated carbocycles. The highest BCUT2D eigenvalue weighted by atomic mass is 127. The molecule has 0 aliphatic heterocycles. The fraction of sp³-hybridized carbons (Fsp3) is 0.158. The van der Waals surface area contributed by atoms with E-state index in [1.54, 1.807) is 0 Å². The third kappa shape index (κ3) is 5.22. The standard InChI is InChI=1S/C19H18IN3O2/c1-3-25-18-7-5-4-6-17(18)22-12-14(11-21)19(24)23-16-9-8-15(20)10-13(16)2/h4-10,12,22H,3H2,1-2H3,(H,23,24)/b14-12-. The second kappa shape index (κ2) is 9.08. The lowest BCUT2D eigenvalue weighted by Crippen LogP contribution is -2.15. The van der Waals surface area contributed by atoms with Crippen molar-refractivity contribution in [3.05, 3.63) is 63.4 Å². The van der Waals surface area contributed by atoms with Gasteiger partial charge in [0.1, 0.15) is 17.4 Å². The number of rotatable bonds is 6. The number of hydrogen-bond acceptors (Lipinski definition) is 4. The summed E-state index contributed by atoms with van der Waals surface area (Å²) in [5.41, 5.74) is 2.29. The predicted molar refractivity (Wildman–Crippen MR) is 107 cm³/mol. The average molecular weight is 447 g/mol. The van der Waals surface area contributed by atoms with Crippen LogP contribution in [0.3, 0.4) is 0 Å². The summed E-state index contributed by atoms with van der Waals surface area (Å²) in [5, 5.41) is 15.0. The molecule has 0 spiro atoms. The normalized spacial score (nSPS) is 10.7. The third-order valence-corrected chi connectivity index (χ3v) is 4.03. The lowest BCUT2D eigenvalue weighted by atomic mass is 10.2. The number of anilines is 2. The van der Waals surface area contributed by atoms with Gasteiger partial charge in [-0.05, 0) is 72.3 Å². The molecule has 0 aromatic heterocycles. The highest BCUT2D eigenvalue weighted by molar-refractivity contribution is 14.1. The Balaban J connectivity index is 2.14. The van der Waals surface area contributed by atoms with Gasteiger partial charge >= 0.3 is 0 Å². The molecule has 0 heterocycles. The summed E-state index contributed by atoms with van der Waals surface area (Å²) < 4.78 is 6.59. The number of carbonyl (C=O) groups is 1. The molecular weight excluding hydrogens is 429 g/mol. The number of ether oxygens (including phenoxy) is 1. The summed E-state index contributed by atoms with van der Waals surface area (Å²) in [6.07, 6.45) is 1.38. The molecule has 5 nitrogen and oxygen atoms in total. The smallest absolute Gasteiger partial charge is 0.267 e. The molecule has 0 saturated heterocycles. The molecule has 0 aliphatic carbocycles. The van der Waals surface area contributed by atoms with Crippen LogP contribution in [-0.4, -0.2) is 12.5 Å². The van der Waals surface area contributed by atoms with Gasteiger partial charge in [-0.3, -0.25) is 4.79 Å². The molecule has 2 N–H and O–H groups in total. The number of amides is 1. The Bertz CT molecular complexity index is 841. The number of carbonyl (C=O) groups excluding carboxylic acids is 1. The molecule has 0 fully saturated rings. The van der Waals surface area contributed by atoms with Gasteiger partial charge in [-0.25, -0.2) is 0 Å². The number of nitrogens with zero attached hydrogens (tertiary/aromatic N) is 1. The summed E-state index contributed by atoms with van der Waals surface area (Å²) in [5.74, 6) is 0.195. The zero-order valence-corrected chi connectivity index (χ0v) is 16.1. The maximum Gasteiger partial charge on any atom is 0.267 e. The van der Waals surface area contributed by atoms with Gasteiger partial charge in [0.25, 0.3) is 5.91 Å². The Morgan fingerprint density at radius 1 is 1.28 bits per heavy atom. The Morgan fingerprint density at radius 3 is 2.72 bits per heavy atom. The molecule has 2 rings (SSSR count). The van der Waals surface area contributed by atoms with Crippen molar-refractivity contribution in [1.82, 2.24) is 0 Å². The molecule has 0 radical (unpaired) electrons. The number of aryl methyl sites for hydroxylation is 1. The summed E-state index contributed by atoms with van der Waals surface area (Å²) >= 11 is 2.21. The quantitative estimate of drug-likeness (QED) is 0.390. The first kappa shape index (κ1) is 18.8. The van der Waals surface area contributed by atoms with Gasteiger partial charge in [0.15, 0.2) is 0 Å². The summed E-state index contributed by atoms with van der Waals surface area (Å²) in [7, 11) is 0. The van der Waals surface area contributed by atoms with E-state index in [0.717, 1.165) is 9.13 Å². The monoisotopic (exact) mass is 447 g/mol. The van der Waals surface area contributed by atoms with E-state index in [-0.39, 0.29) is 5.57 Å². The Hall–Kier alpha value is -2.53. The largest absolute Gasteiger partial charge is 0.492 e. The van der Waals surface area contributed by atoms with Gasteiger partial charge in [0.2, 0.25) is 0 Å². The molecule has 1 amide bonds. The third-order valence-electron chi connectivity index (χ3n) is 3.36. The number of hydrogen-bond donors (Lipinski definition) is 2. The number of nitriles is 1. The fourth-order valence-electron chi connectivity index (χ4n) is 2.12. The van der Waals surface area contributed by atoms with E-state index >= 15 is 0 Å². The summed E-state index contributed by atoms with van der Waals surface area (Å²) in [4.78, 5) is 12.3. The molecule has 2 aromatic carbocycles. The number of para-hydroxylation sites is 2. The molecule has 2 aromatic rings. The van der Waals surface area contributed by atoms with Crippen LogP contribution in [0.1, 0.15) is 12.5 Å². The van der Waals surface area contributed by atoms with Crippen LogP contribution in [0, 0.1) is 21.8 Å². The van der Waals surface area contributed by atoms with Crippen molar-refractivity contribution in [3.63, 3.8) is 0 Å². The Kier molecular flexibility index (Phi) is 6.83. The van der Waals surface area contributed by atoms with Crippen LogP contribution in [0.25, 0.3) is 0 Å². The van der Waals surface area contributed by atoms with Crippen LogP contribution in [0.2, 0.25) is 0 Å². The van der Waals surface area contributed by atoms with Crippen LogP contribution >= 0.6 is 22.6 Å². The Morgan fingerprint density at radius 2 is 2.04 bits per heavy atom. The second-order valence-corrected chi connectivity index (χ2v) is 6.40. The molecule has 0 bridgehead atoms. The van der Waals surface area contributed by atoms with Crippen LogP contribution in [0.5, 0.6) is 5.75 Å². The van der Waals surface area contributed by atoms with Gasteiger partial charge in [-0.1, -0.05) is 12.1 Å². The summed E-state index contributed by atoms with van der Waals surface area (Å²) in [6.45, 7) is 4.33. The lowest BCUT2D eigenvalue weighted by molar-refractivity contribution is -0.112. The zero-order valence-electron chi connectivity index (χ0n) is 14.0. The molecule has 128 valence electrons. The van der Waals surface area contributed by atoms with Gasteiger partial charge in [0.05, 0.1) is 12.3 Å². The molecular formula is C19H18IN3O2. The first-order valence-electron chi connectivity index (χ1n) is 7.71. The van der Waals surface area contributed by atoms with Crippen molar-refractivity contribution in [2.75, 3.05) is 17.2 Å². The van der Waals surface area contributed by atoms with Crippen LogP contribution < -0.4 is 15.4 Å². The van der Waals surface area contributed by atoms with Crippen LogP contribution in [-0.2, 0) is 4.79 Å². The first-order chi connectivity index (χ1) is 12.0. The van der Waals surface area contributed by atoms with Crippen molar-refractivity contribution in [2.45, 2.75) is 13.8 Å². The minimum Gasteiger partial charge on any atom is -0.492 e. The zero-order chi connectivity index (χ0) is 18.2. The highest BCUT2D eigenvalue weighted by Crippen LogP contribution is 2.24. The molecule has 6 heteroatoms. The van der Waals surface area contributed by atoms with E-state index in [1.165, 1.54) is 6.20 Å². The van der Waals surface area contributed by atoms with E-state index in [9.17, 15) is 10.1 Å². The second-order valence-electron chi connectivity index (χ2n) is 5.16. The van der Waals surface area contributed by atoms with Gasteiger partial charge in [-0.2, -0.15) is 5.26 Å². The topological polar surface area (TPSA) is 74.1 Å². The summed E-state index contributed by atoms with van der Waals surface area (Å²) in [6, 6.07) is 14.9. The minimum absolute atomic E-state index is 0.0238. The molecule has 0 unspecified atom stereocenters. The van der Waals surface area contributed by atoms with Crippen molar-refractivity contribution >= 4 is 39.9 Å². The maximum absolute atomic E-state index is 12.3. The van der Waals surface area contributed by atoms with Crippen molar-refractivity contribution in [1.29, 1.82) is 5.26 Å². The van der Waals surface area contributed by atoms with Crippen LogP contribution in [0.4, 0.5) is 11.4 Å². The van der Waals surface area contributed by atoms with E-state index in [2.05, 4.69) is 33.2 Å². The fourth-order valence-corrected chi connectivity index (χ4v) is 2.77. The van der Waals surface area contributed by atoms with E-state index in [4.69, 9.17) is 4.74 Å². The molecule has 0 atom stereocenters. The first-order valence-corrected chi connectivity index (χ1v) is 8.79. The molecule has 0 aliphatic rings. The highest BCUT2D eigenvalue weighted by Gasteiger charge is 2.11. The average Bonchev–Trinajstić information content (AvgIpc) is 2.59. The van der Waals surface area contributed by atoms with Crippen molar-refractivity contribution < 1.29 is 9.53 Å². The lowest BCUT2D eigenvalue weighted by Gasteiger charge is -2.10. The van der Waals surface area contributed by atoms with E-state index in [1.807, 2.05) is 62.4 Å². The van der Waals surface area contributed by atoms with Crippen LogP contribution in [0.15, 0.2) is 54.2 Å². The van der Waals surface area contributed by atoms with Gasteiger partial charge in [-0.15, -0.1) is 0 Å².